The monoisotopic (exact) mass is 587 g/mol. The number of fused-ring (bicyclic) bond motifs is 6. The molecule has 0 atom stereocenters. The van der Waals surface area contributed by atoms with Crippen LogP contribution >= 0.6 is 0 Å². The van der Waals surface area contributed by atoms with Crippen LogP contribution in [0.4, 0.5) is 17.1 Å². The summed E-state index contributed by atoms with van der Waals surface area (Å²) in [7, 11) is 0. The lowest BCUT2D eigenvalue weighted by Gasteiger charge is -2.28. The highest BCUT2D eigenvalue weighted by molar-refractivity contribution is 6.19. The highest BCUT2D eigenvalue weighted by Gasteiger charge is 2.19. The molecule has 0 unspecified atom stereocenters. The highest BCUT2D eigenvalue weighted by Crippen LogP contribution is 2.44. The smallest absolute Gasteiger partial charge is 0.136 e. The Morgan fingerprint density at radius 3 is 1.93 bits per heavy atom. The van der Waals surface area contributed by atoms with Gasteiger partial charge < -0.3 is 9.32 Å². The largest absolute Gasteiger partial charge is 0.456 e. The van der Waals surface area contributed by atoms with Crippen molar-refractivity contribution in [3.05, 3.63) is 176 Å². The van der Waals surface area contributed by atoms with E-state index in [-0.39, 0.29) is 0 Å². The van der Waals surface area contributed by atoms with Crippen LogP contribution in [-0.4, -0.2) is 0 Å². The molecule has 0 aliphatic heterocycles. The SMILES string of the molecule is c1ccc(-c2ccc(N(c3ccc4c(ccc5oc6ccccc6c54)c3)c3ccccc3-c3cccc4ccccc34)cc2)cc1. The molecule has 0 saturated carbocycles. The second kappa shape index (κ2) is 10.8. The predicted molar refractivity (Wildman–Crippen MR) is 194 cm³/mol. The Hall–Kier alpha value is -6.12. The van der Waals surface area contributed by atoms with Crippen molar-refractivity contribution in [1.82, 2.24) is 0 Å². The number of anilines is 3. The van der Waals surface area contributed by atoms with Gasteiger partial charge in [-0.1, -0.05) is 133 Å². The van der Waals surface area contributed by atoms with Gasteiger partial charge in [-0.2, -0.15) is 0 Å². The molecule has 46 heavy (non-hydrogen) atoms. The van der Waals surface area contributed by atoms with Crippen molar-refractivity contribution < 1.29 is 4.42 Å². The Balaban J connectivity index is 1.27. The topological polar surface area (TPSA) is 16.4 Å². The fourth-order valence-electron chi connectivity index (χ4n) is 6.90. The van der Waals surface area contributed by atoms with Crippen LogP contribution in [0.5, 0.6) is 0 Å². The summed E-state index contributed by atoms with van der Waals surface area (Å²) >= 11 is 0. The molecule has 0 aliphatic rings. The molecule has 0 saturated heterocycles. The van der Waals surface area contributed by atoms with Gasteiger partial charge in [0.15, 0.2) is 0 Å². The Bertz CT molecular complexity index is 2520. The van der Waals surface area contributed by atoms with E-state index in [4.69, 9.17) is 4.42 Å². The van der Waals surface area contributed by atoms with Crippen molar-refractivity contribution in [1.29, 1.82) is 0 Å². The first-order valence-corrected chi connectivity index (χ1v) is 15.7. The van der Waals surface area contributed by atoms with Gasteiger partial charge in [0.1, 0.15) is 11.2 Å². The van der Waals surface area contributed by atoms with Crippen molar-refractivity contribution in [3.63, 3.8) is 0 Å². The van der Waals surface area contributed by atoms with E-state index >= 15 is 0 Å². The molecule has 0 aliphatic carbocycles. The van der Waals surface area contributed by atoms with Crippen molar-refractivity contribution in [2.24, 2.45) is 0 Å². The molecule has 0 amide bonds. The molecule has 1 aromatic heterocycles. The molecule has 0 spiro atoms. The van der Waals surface area contributed by atoms with Crippen LogP contribution in [-0.2, 0) is 0 Å². The van der Waals surface area contributed by atoms with E-state index in [9.17, 15) is 0 Å². The summed E-state index contributed by atoms with van der Waals surface area (Å²) in [5.41, 5.74) is 9.95. The molecule has 0 N–H and O–H groups in total. The number of hydrogen-bond acceptors (Lipinski definition) is 2. The van der Waals surface area contributed by atoms with Crippen LogP contribution in [0.15, 0.2) is 180 Å². The van der Waals surface area contributed by atoms with Gasteiger partial charge in [0.2, 0.25) is 0 Å². The van der Waals surface area contributed by atoms with Gasteiger partial charge in [-0.15, -0.1) is 0 Å². The first-order chi connectivity index (χ1) is 22.8. The van der Waals surface area contributed by atoms with Gasteiger partial charge in [0.05, 0.1) is 5.69 Å². The Morgan fingerprint density at radius 2 is 1.04 bits per heavy atom. The number of hydrogen-bond donors (Lipinski definition) is 0. The van der Waals surface area contributed by atoms with Gasteiger partial charge in [-0.05, 0) is 80.7 Å². The molecule has 2 nitrogen and oxygen atoms in total. The van der Waals surface area contributed by atoms with Crippen LogP contribution in [0.1, 0.15) is 0 Å². The van der Waals surface area contributed by atoms with E-state index in [1.165, 1.54) is 43.8 Å². The van der Waals surface area contributed by atoms with Gasteiger partial charge in [-0.3, -0.25) is 0 Å². The van der Waals surface area contributed by atoms with Crippen LogP contribution in [0.2, 0.25) is 0 Å². The van der Waals surface area contributed by atoms with Gasteiger partial charge >= 0.3 is 0 Å². The van der Waals surface area contributed by atoms with E-state index in [1.807, 2.05) is 12.1 Å². The Morgan fingerprint density at radius 1 is 0.370 bits per heavy atom. The summed E-state index contributed by atoms with van der Waals surface area (Å²) in [4.78, 5) is 2.39. The maximum Gasteiger partial charge on any atom is 0.136 e. The van der Waals surface area contributed by atoms with E-state index in [0.29, 0.717) is 0 Å². The minimum absolute atomic E-state index is 0.913. The van der Waals surface area contributed by atoms with Crippen LogP contribution < -0.4 is 4.90 Å². The minimum atomic E-state index is 0.913. The molecule has 9 aromatic rings. The van der Waals surface area contributed by atoms with Crippen molar-refractivity contribution in [2.45, 2.75) is 0 Å². The number of nitrogens with zero attached hydrogens (tertiary/aromatic N) is 1. The van der Waals surface area contributed by atoms with Crippen LogP contribution in [0, 0.1) is 0 Å². The van der Waals surface area contributed by atoms with E-state index in [0.717, 1.165) is 39.0 Å². The normalized spacial score (nSPS) is 11.5. The number of para-hydroxylation sites is 2. The molecular formula is C44H29NO. The van der Waals surface area contributed by atoms with E-state index < -0.39 is 0 Å². The average molecular weight is 588 g/mol. The van der Waals surface area contributed by atoms with Gasteiger partial charge in [0.25, 0.3) is 0 Å². The zero-order valence-electron chi connectivity index (χ0n) is 25.1. The highest BCUT2D eigenvalue weighted by atomic mass is 16.3. The molecule has 0 bridgehead atoms. The van der Waals surface area contributed by atoms with E-state index in [2.05, 4.69) is 169 Å². The van der Waals surface area contributed by atoms with Gasteiger partial charge in [-0.25, -0.2) is 0 Å². The summed E-state index contributed by atoms with van der Waals surface area (Å²) < 4.78 is 6.21. The molecule has 2 heteroatoms. The average Bonchev–Trinajstić information content (AvgIpc) is 3.52. The third-order valence-corrected chi connectivity index (χ3v) is 9.06. The molecular weight excluding hydrogens is 558 g/mol. The van der Waals surface area contributed by atoms with E-state index in [1.54, 1.807) is 0 Å². The molecule has 0 radical (unpaired) electrons. The maximum absolute atomic E-state index is 6.21. The minimum Gasteiger partial charge on any atom is -0.456 e. The fraction of sp³-hybridized carbons (Fsp3) is 0. The molecule has 8 aromatic carbocycles. The van der Waals surface area contributed by atoms with Gasteiger partial charge in [0, 0.05) is 27.7 Å². The number of furan rings is 1. The van der Waals surface area contributed by atoms with Crippen molar-refractivity contribution in [2.75, 3.05) is 4.90 Å². The second-order valence-electron chi connectivity index (χ2n) is 11.7. The fourth-order valence-corrected chi connectivity index (χ4v) is 6.90. The molecule has 1 heterocycles. The van der Waals surface area contributed by atoms with Crippen LogP contribution in [0.3, 0.4) is 0 Å². The predicted octanol–water partition coefficient (Wildman–Crippen LogP) is 12.7. The lowest BCUT2D eigenvalue weighted by molar-refractivity contribution is 0.669. The second-order valence-corrected chi connectivity index (χ2v) is 11.7. The summed E-state index contributed by atoms with van der Waals surface area (Å²) in [5.74, 6) is 0. The third kappa shape index (κ3) is 4.35. The molecule has 0 fully saturated rings. The number of rotatable bonds is 5. The lowest BCUT2D eigenvalue weighted by atomic mass is 9.95. The molecule has 216 valence electrons. The summed E-state index contributed by atoms with van der Waals surface area (Å²) in [6.45, 7) is 0. The van der Waals surface area contributed by atoms with Crippen LogP contribution in [0.25, 0.3) is 65.7 Å². The number of benzene rings is 8. The zero-order valence-corrected chi connectivity index (χ0v) is 25.1. The first-order valence-electron chi connectivity index (χ1n) is 15.7. The third-order valence-electron chi connectivity index (χ3n) is 9.06. The summed E-state index contributed by atoms with van der Waals surface area (Å²) in [5, 5.41) is 7.14. The van der Waals surface area contributed by atoms with Crippen molar-refractivity contribution in [3.8, 4) is 22.3 Å². The quantitative estimate of drug-likeness (QED) is 0.199. The maximum atomic E-state index is 6.21. The summed E-state index contributed by atoms with van der Waals surface area (Å²) in [6.07, 6.45) is 0. The first kappa shape index (κ1) is 26.3. The standard InChI is InChI=1S/C44H29NO/c1-2-11-30(12-3-1)31-21-24-34(25-22-31)45(41-19-8-6-16-39(41)38-18-10-14-32-13-4-5-15-36(32)38)35-26-27-37-33(29-35)23-28-43-44(37)40-17-7-9-20-42(40)46-43/h1-29H. The Kier molecular flexibility index (Phi) is 6.17. The Labute approximate surface area is 267 Å². The summed E-state index contributed by atoms with van der Waals surface area (Å²) in [6, 6.07) is 62.8. The molecule has 9 rings (SSSR count). The zero-order chi connectivity index (χ0) is 30.5. The van der Waals surface area contributed by atoms with Crippen molar-refractivity contribution >= 4 is 60.5 Å². The lowest BCUT2D eigenvalue weighted by Crippen LogP contribution is -2.11.